The number of amides is 1. The fourth-order valence-corrected chi connectivity index (χ4v) is 2.23. The molecule has 0 unspecified atom stereocenters. The van der Waals surface area contributed by atoms with Gasteiger partial charge in [-0.3, -0.25) is 5.32 Å². The van der Waals surface area contributed by atoms with Gasteiger partial charge in [-0.25, -0.2) is 9.59 Å². The highest BCUT2D eigenvalue weighted by atomic mass is 35.5. The van der Waals surface area contributed by atoms with E-state index in [1.165, 1.54) is 6.07 Å². The minimum Gasteiger partial charge on any atom is -0.478 e. The van der Waals surface area contributed by atoms with Gasteiger partial charge in [-0.2, -0.15) is 0 Å². The molecule has 0 heterocycles. The predicted molar refractivity (Wildman–Crippen MR) is 93.7 cm³/mol. The Morgan fingerprint density at radius 1 is 1.04 bits per heavy atom. The second-order valence-corrected chi connectivity index (χ2v) is 6.61. The Hall–Kier alpha value is -2.53. The number of halogens is 1. The van der Waals surface area contributed by atoms with Crippen LogP contribution in [0, 0.1) is 0 Å². The fourth-order valence-electron chi connectivity index (χ4n) is 2.04. The van der Waals surface area contributed by atoms with Gasteiger partial charge < -0.3 is 9.84 Å². The maximum Gasteiger partial charge on any atom is 0.412 e. The van der Waals surface area contributed by atoms with Crippen LogP contribution in [0.25, 0.3) is 11.1 Å². The third-order valence-corrected chi connectivity index (χ3v) is 3.39. The molecule has 2 N–H and O–H groups in total. The molecule has 2 aromatic rings. The molecule has 126 valence electrons. The number of carboxylic acid groups (broad SMARTS) is 1. The predicted octanol–water partition coefficient (Wildman–Crippen LogP) is 5.05. The fraction of sp³-hybridized carbons (Fsp3) is 0.222. The van der Waals surface area contributed by atoms with E-state index < -0.39 is 17.7 Å². The van der Waals surface area contributed by atoms with E-state index in [0.29, 0.717) is 5.69 Å². The summed E-state index contributed by atoms with van der Waals surface area (Å²) in [5.74, 6) is -1.08. The Bertz CT molecular complexity index is 764. The largest absolute Gasteiger partial charge is 0.478 e. The number of aromatic carboxylic acids is 1. The highest BCUT2D eigenvalue weighted by Crippen LogP contribution is 2.26. The van der Waals surface area contributed by atoms with Crippen LogP contribution in [0.15, 0.2) is 42.5 Å². The van der Waals surface area contributed by atoms with Crippen LogP contribution in [-0.2, 0) is 4.74 Å². The van der Waals surface area contributed by atoms with Crippen LogP contribution < -0.4 is 5.32 Å². The Kier molecular flexibility index (Phi) is 5.14. The average Bonchev–Trinajstić information content (AvgIpc) is 2.46. The number of anilines is 1. The number of benzene rings is 2. The number of hydrogen-bond acceptors (Lipinski definition) is 3. The zero-order chi connectivity index (χ0) is 17.9. The van der Waals surface area contributed by atoms with Gasteiger partial charge in [0.15, 0.2) is 0 Å². The van der Waals surface area contributed by atoms with E-state index in [-0.39, 0.29) is 10.6 Å². The van der Waals surface area contributed by atoms with Crippen molar-refractivity contribution in [2.24, 2.45) is 0 Å². The SMILES string of the molecule is CC(C)(C)OC(=O)Nc1ccc(-c2ccc(Cl)c(C(=O)O)c2)cc1. The van der Waals surface area contributed by atoms with E-state index in [9.17, 15) is 9.59 Å². The maximum atomic E-state index is 11.7. The molecule has 0 aliphatic heterocycles. The van der Waals surface area contributed by atoms with Crippen LogP contribution in [0.1, 0.15) is 31.1 Å². The molecule has 2 aromatic carbocycles. The van der Waals surface area contributed by atoms with E-state index in [1.54, 1.807) is 57.2 Å². The van der Waals surface area contributed by atoms with Crippen molar-refractivity contribution in [2.75, 3.05) is 5.32 Å². The molecule has 1 amide bonds. The number of rotatable bonds is 3. The summed E-state index contributed by atoms with van der Waals surface area (Å²) in [6.07, 6.45) is -0.532. The van der Waals surface area contributed by atoms with Gasteiger partial charge >= 0.3 is 12.1 Å². The van der Waals surface area contributed by atoms with Crippen molar-refractivity contribution in [1.82, 2.24) is 0 Å². The number of hydrogen-bond donors (Lipinski definition) is 2. The summed E-state index contributed by atoms with van der Waals surface area (Å²) in [7, 11) is 0. The summed E-state index contributed by atoms with van der Waals surface area (Å²) < 4.78 is 5.18. The van der Waals surface area contributed by atoms with Crippen LogP contribution >= 0.6 is 11.6 Å². The first-order valence-electron chi connectivity index (χ1n) is 7.29. The van der Waals surface area contributed by atoms with Crippen molar-refractivity contribution < 1.29 is 19.4 Å². The minimum absolute atomic E-state index is 0.0464. The number of carbonyl (C=O) groups is 2. The van der Waals surface area contributed by atoms with Gasteiger partial charge in [-0.05, 0) is 56.2 Å². The lowest BCUT2D eigenvalue weighted by Gasteiger charge is -2.19. The van der Waals surface area contributed by atoms with Gasteiger partial charge in [0, 0.05) is 5.69 Å². The molecule has 0 atom stereocenters. The number of nitrogens with one attached hydrogen (secondary N) is 1. The summed E-state index contributed by atoms with van der Waals surface area (Å²) in [6.45, 7) is 5.36. The third kappa shape index (κ3) is 4.73. The summed E-state index contributed by atoms with van der Waals surface area (Å²) in [4.78, 5) is 22.9. The lowest BCUT2D eigenvalue weighted by atomic mass is 10.0. The average molecular weight is 348 g/mol. The monoisotopic (exact) mass is 347 g/mol. The number of carboxylic acids is 1. The van der Waals surface area contributed by atoms with Crippen molar-refractivity contribution in [1.29, 1.82) is 0 Å². The van der Waals surface area contributed by atoms with E-state index in [2.05, 4.69) is 5.32 Å². The third-order valence-electron chi connectivity index (χ3n) is 3.06. The molecule has 0 spiro atoms. The molecule has 0 saturated carbocycles. The molecule has 24 heavy (non-hydrogen) atoms. The summed E-state index contributed by atoms with van der Waals surface area (Å²) in [6, 6.07) is 11.8. The Morgan fingerprint density at radius 3 is 2.17 bits per heavy atom. The molecule has 5 nitrogen and oxygen atoms in total. The lowest BCUT2D eigenvalue weighted by Crippen LogP contribution is -2.27. The zero-order valence-corrected chi connectivity index (χ0v) is 14.3. The Balaban J connectivity index is 2.16. The van der Waals surface area contributed by atoms with Crippen LogP contribution in [0.5, 0.6) is 0 Å². The zero-order valence-electron chi connectivity index (χ0n) is 13.6. The van der Waals surface area contributed by atoms with Crippen molar-refractivity contribution >= 4 is 29.4 Å². The maximum absolute atomic E-state index is 11.7. The van der Waals surface area contributed by atoms with E-state index in [1.807, 2.05) is 0 Å². The molecule has 0 saturated heterocycles. The minimum atomic E-state index is -1.08. The van der Waals surface area contributed by atoms with Crippen molar-refractivity contribution in [3.05, 3.63) is 53.1 Å². The molecule has 0 bridgehead atoms. The van der Waals surface area contributed by atoms with Crippen LogP contribution in [-0.4, -0.2) is 22.8 Å². The van der Waals surface area contributed by atoms with Crippen molar-refractivity contribution in [3.8, 4) is 11.1 Å². The molecular weight excluding hydrogens is 330 g/mol. The Morgan fingerprint density at radius 2 is 1.62 bits per heavy atom. The molecule has 0 aromatic heterocycles. The first-order valence-corrected chi connectivity index (χ1v) is 7.67. The topological polar surface area (TPSA) is 75.6 Å². The standard InChI is InChI=1S/C18H18ClNO4/c1-18(2,3)24-17(23)20-13-7-4-11(5-8-13)12-6-9-15(19)14(10-12)16(21)22/h4-10H,1-3H3,(H,20,23)(H,21,22). The summed E-state index contributed by atoms with van der Waals surface area (Å²) >= 11 is 5.87. The molecule has 0 fully saturated rings. The van der Waals surface area contributed by atoms with Crippen molar-refractivity contribution in [2.45, 2.75) is 26.4 Å². The summed E-state index contributed by atoms with van der Waals surface area (Å²) in [5.41, 5.74) is 1.59. The molecular formula is C18H18ClNO4. The number of ether oxygens (including phenoxy) is 1. The first-order chi connectivity index (χ1) is 11.2. The van der Waals surface area contributed by atoms with Crippen LogP contribution in [0.3, 0.4) is 0 Å². The van der Waals surface area contributed by atoms with Crippen LogP contribution in [0.4, 0.5) is 10.5 Å². The van der Waals surface area contributed by atoms with E-state index in [4.69, 9.17) is 21.4 Å². The lowest BCUT2D eigenvalue weighted by molar-refractivity contribution is 0.0634. The second kappa shape index (κ2) is 6.93. The van der Waals surface area contributed by atoms with Gasteiger partial charge in [0.25, 0.3) is 0 Å². The quantitative estimate of drug-likeness (QED) is 0.814. The summed E-state index contributed by atoms with van der Waals surface area (Å²) in [5, 5.41) is 12.0. The number of carbonyl (C=O) groups excluding carboxylic acids is 1. The van der Waals surface area contributed by atoms with Crippen LogP contribution in [0.2, 0.25) is 5.02 Å². The molecule has 0 radical (unpaired) electrons. The molecule has 6 heteroatoms. The van der Waals surface area contributed by atoms with Gasteiger partial charge in [0.1, 0.15) is 5.60 Å². The smallest absolute Gasteiger partial charge is 0.412 e. The van der Waals surface area contributed by atoms with Gasteiger partial charge in [-0.1, -0.05) is 29.8 Å². The normalized spacial score (nSPS) is 11.0. The highest BCUT2D eigenvalue weighted by Gasteiger charge is 2.16. The second-order valence-electron chi connectivity index (χ2n) is 6.20. The van der Waals surface area contributed by atoms with E-state index >= 15 is 0 Å². The molecule has 0 aliphatic carbocycles. The molecule has 0 aliphatic rings. The first kappa shape index (κ1) is 17.8. The molecule has 2 rings (SSSR count). The van der Waals surface area contributed by atoms with Gasteiger partial charge in [-0.15, -0.1) is 0 Å². The van der Waals surface area contributed by atoms with E-state index in [0.717, 1.165) is 11.1 Å². The van der Waals surface area contributed by atoms with Gasteiger partial charge in [0.2, 0.25) is 0 Å². The van der Waals surface area contributed by atoms with Crippen molar-refractivity contribution in [3.63, 3.8) is 0 Å². The highest BCUT2D eigenvalue weighted by molar-refractivity contribution is 6.33. The van der Waals surface area contributed by atoms with Gasteiger partial charge in [0.05, 0.1) is 10.6 Å². The Labute approximate surface area is 145 Å².